The number of nitrogens with one attached hydrogen (secondary N) is 1. The van der Waals surface area contributed by atoms with Crippen LogP contribution in [0.1, 0.15) is 41.5 Å². The smallest absolute Gasteiger partial charge is 0.336 e. The summed E-state index contributed by atoms with van der Waals surface area (Å²) in [6.07, 6.45) is 3.02. The molecular formula is C29H32N4O3. The quantitative estimate of drug-likeness (QED) is 0.319. The summed E-state index contributed by atoms with van der Waals surface area (Å²) in [6, 6.07) is 21.1. The Bertz CT molecular complexity index is 1370. The summed E-state index contributed by atoms with van der Waals surface area (Å²) in [5, 5.41) is 12.8. The van der Waals surface area contributed by atoms with E-state index in [1.807, 2.05) is 48.5 Å². The number of carbonyl (C=O) groups is 2. The number of fused-ring (bicyclic) bond motifs is 1. The third-order valence-corrected chi connectivity index (χ3v) is 6.29. The van der Waals surface area contributed by atoms with Crippen LogP contribution in [0.5, 0.6) is 0 Å². The fourth-order valence-electron chi connectivity index (χ4n) is 4.21. The van der Waals surface area contributed by atoms with Crippen LogP contribution in [0.4, 0.5) is 5.69 Å². The van der Waals surface area contributed by atoms with Crippen LogP contribution in [0.3, 0.4) is 0 Å². The first-order valence-electron chi connectivity index (χ1n) is 12.2. The van der Waals surface area contributed by atoms with Gasteiger partial charge >= 0.3 is 5.97 Å². The number of likely N-dealkylation sites (N-methyl/N-ethyl adjacent to an activating group) is 1. The van der Waals surface area contributed by atoms with Crippen LogP contribution in [0.2, 0.25) is 0 Å². The Balaban J connectivity index is 1.64. The van der Waals surface area contributed by atoms with E-state index < -0.39 is 5.97 Å². The number of nitrogens with zero attached hydrogens (tertiary/aromatic N) is 3. The highest BCUT2D eigenvalue weighted by Crippen LogP contribution is 2.26. The first-order chi connectivity index (χ1) is 17.4. The average molecular weight is 485 g/mol. The monoisotopic (exact) mass is 484 g/mol. The van der Waals surface area contributed by atoms with Crippen molar-refractivity contribution in [3.8, 4) is 11.1 Å². The normalized spacial score (nSPS) is 11.0. The maximum atomic E-state index is 12.0. The lowest BCUT2D eigenvalue weighted by Crippen LogP contribution is -2.28. The van der Waals surface area contributed by atoms with Gasteiger partial charge in [0.15, 0.2) is 0 Å². The molecule has 0 aliphatic rings. The molecular weight excluding hydrogens is 452 g/mol. The fraction of sp³-hybridized carbons (Fsp3) is 0.276. The van der Waals surface area contributed by atoms with Crippen LogP contribution in [0.15, 0.2) is 66.7 Å². The number of carboxylic acids is 1. The molecule has 3 aromatic carbocycles. The van der Waals surface area contributed by atoms with Crippen molar-refractivity contribution in [3.63, 3.8) is 0 Å². The number of aromatic nitrogens is 2. The van der Waals surface area contributed by atoms with Gasteiger partial charge in [0, 0.05) is 32.7 Å². The number of anilines is 1. The van der Waals surface area contributed by atoms with E-state index in [4.69, 9.17) is 4.98 Å². The zero-order valence-electron chi connectivity index (χ0n) is 21.0. The highest BCUT2D eigenvalue weighted by molar-refractivity contribution is 5.96. The van der Waals surface area contributed by atoms with Crippen molar-refractivity contribution >= 4 is 28.6 Å². The molecule has 0 saturated carbocycles. The van der Waals surface area contributed by atoms with Crippen LogP contribution < -0.4 is 5.32 Å². The van der Waals surface area contributed by atoms with Crippen LogP contribution >= 0.6 is 0 Å². The Hall–Kier alpha value is -4.13. The highest BCUT2D eigenvalue weighted by atomic mass is 16.4. The molecule has 4 aromatic rings. The van der Waals surface area contributed by atoms with Gasteiger partial charge in [-0.1, -0.05) is 55.8 Å². The molecule has 1 amide bonds. The molecule has 0 bridgehead atoms. The number of amides is 1. The van der Waals surface area contributed by atoms with Gasteiger partial charge in [-0.15, -0.1) is 0 Å². The number of rotatable bonds is 10. The second-order valence-corrected chi connectivity index (χ2v) is 9.11. The standard InChI is InChI=1S/C29H32N4O3/c1-4-5-10-27-31-25-16-15-22(30-18-28(34)32(2)3)17-26(25)33(27)19-20-11-13-21(14-12-20)23-8-6-7-9-24(23)29(35)36/h6-9,11-17,30H,4-5,10,18-19H2,1-3H3,(H,35,36). The van der Waals surface area contributed by atoms with E-state index in [-0.39, 0.29) is 12.5 Å². The molecule has 0 radical (unpaired) electrons. The number of imidazole rings is 1. The second kappa shape index (κ2) is 11.1. The lowest BCUT2D eigenvalue weighted by Gasteiger charge is -2.13. The van der Waals surface area contributed by atoms with Crippen molar-refractivity contribution in [3.05, 3.63) is 83.7 Å². The molecule has 186 valence electrons. The lowest BCUT2D eigenvalue weighted by atomic mass is 9.99. The first-order valence-corrected chi connectivity index (χ1v) is 12.2. The molecule has 2 N–H and O–H groups in total. The average Bonchev–Trinajstić information content (AvgIpc) is 3.22. The minimum atomic E-state index is -0.933. The predicted octanol–water partition coefficient (Wildman–Crippen LogP) is 5.29. The molecule has 1 aromatic heterocycles. The third kappa shape index (κ3) is 5.57. The molecule has 0 aliphatic heterocycles. The molecule has 7 heteroatoms. The van der Waals surface area contributed by atoms with Gasteiger partial charge in [0.2, 0.25) is 5.91 Å². The molecule has 4 rings (SSSR count). The number of carbonyl (C=O) groups excluding carboxylic acids is 1. The van der Waals surface area contributed by atoms with Crippen molar-refractivity contribution in [1.82, 2.24) is 14.5 Å². The summed E-state index contributed by atoms with van der Waals surface area (Å²) < 4.78 is 2.24. The van der Waals surface area contributed by atoms with Gasteiger partial charge in [0.1, 0.15) is 5.82 Å². The number of benzene rings is 3. The Morgan fingerprint density at radius 1 is 1.03 bits per heavy atom. The summed E-state index contributed by atoms with van der Waals surface area (Å²) in [5.74, 6) is 0.113. The second-order valence-electron chi connectivity index (χ2n) is 9.11. The third-order valence-electron chi connectivity index (χ3n) is 6.29. The molecule has 36 heavy (non-hydrogen) atoms. The molecule has 0 unspecified atom stereocenters. The topological polar surface area (TPSA) is 87.5 Å². The summed E-state index contributed by atoms with van der Waals surface area (Å²) in [5.41, 5.74) is 5.79. The zero-order valence-corrected chi connectivity index (χ0v) is 21.0. The van der Waals surface area contributed by atoms with Crippen LogP contribution in [0.25, 0.3) is 22.2 Å². The molecule has 0 spiro atoms. The maximum Gasteiger partial charge on any atom is 0.336 e. The SMILES string of the molecule is CCCCc1nc2ccc(NCC(=O)N(C)C)cc2n1Cc1ccc(-c2ccccc2C(=O)O)cc1. The first kappa shape index (κ1) is 25.0. The molecule has 0 fully saturated rings. The fourth-order valence-corrected chi connectivity index (χ4v) is 4.21. The summed E-state index contributed by atoms with van der Waals surface area (Å²) in [4.78, 5) is 30.1. The van der Waals surface area contributed by atoms with E-state index in [0.717, 1.165) is 52.9 Å². The predicted molar refractivity (Wildman–Crippen MR) is 143 cm³/mol. The van der Waals surface area contributed by atoms with Crippen LogP contribution in [-0.4, -0.2) is 52.1 Å². The maximum absolute atomic E-state index is 12.0. The van der Waals surface area contributed by atoms with Crippen molar-refractivity contribution in [2.45, 2.75) is 32.7 Å². The van der Waals surface area contributed by atoms with Gasteiger partial charge in [-0.25, -0.2) is 9.78 Å². The molecule has 0 saturated heterocycles. The molecule has 0 aliphatic carbocycles. The summed E-state index contributed by atoms with van der Waals surface area (Å²) >= 11 is 0. The minimum Gasteiger partial charge on any atom is -0.478 e. The van der Waals surface area contributed by atoms with E-state index >= 15 is 0 Å². The van der Waals surface area contributed by atoms with E-state index in [1.165, 1.54) is 0 Å². The highest BCUT2D eigenvalue weighted by Gasteiger charge is 2.14. The van der Waals surface area contributed by atoms with Gasteiger partial charge in [0.25, 0.3) is 0 Å². The van der Waals surface area contributed by atoms with Gasteiger partial charge in [0.05, 0.1) is 23.1 Å². The van der Waals surface area contributed by atoms with Crippen LogP contribution in [0, 0.1) is 0 Å². The molecule has 1 heterocycles. The van der Waals surface area contributed by atoms with Crippen LogP contribution in [-0.2, 0) is 17.8 Å². The van der Waals surface area contributed by atoms with Gasteiger partial charge in [-0.05, 0) is 47.4 Å². The lowest BCUT2D eigenvalue weighted by molar-refractivity contribution is -0.126. The van der Waals surface area contributed by atoms with Gasteiger partial charge in [-0.3, -0.25) is 4.79 Å². The molecule has 0 atom stereocenters. The number of unbranched alkanes of at least 4 members (excludes halogenated alkanes) is 1. The Labute approximate surface area is 211 Å². The van der Waals surface area contributed by atoms with Gasteiger partial charge in [-0.2, -0.15) is 0 Å². The van der Waals surface area contributed by atoms with Crippen molar-refractivity contribution < 1.29 is 14.7 Å². The van der Waals surface area contributed by atoms with E-state index in [1.54, 1.807) is 31.1 Å². The molecule has 7 nitrogen and oxygen atoms in total. The van der Waals surface area contributed by atoms with Crippen molar-refractivity contribution in [1.29, 1.82) is 0 Å². The Morgan fingerprint density at radius 2 is 1.78 bits per heavy atom. The van der Waals surface area contributed by atoms with E-state index in [2.05, 4.69) is 22.9 Å². The number of hydrogen-bond acceptors (Lipinski definition) is 4. The van der Waals surface area contributed by atoms with Crippen molar-refractivity contribution in [2.24, 2.45) is 0 Å². The summed E-state index contributed by atoms with van der Waals surface area (Å²) in [7, 11) is 3.49. The number of carboxylic acid groups (broad SMARTS) is 1. The number of aromatic carboxylic acids is 1. The van der Waals surface area contributed by atoms with E-state index in [0.29, 0.717) is 17.7 Å². The Kier molecular flexibility index (Phi) is 7.68. The van der Waals surface area contributed by atoms with Crippen molar-refractivity contribution in [2.75, 3.05) is 26.0 Å². The number of hydrogen-bond donors (Lipinski definition) is 2. The van der Waals surface area contributed by atoms with E-state index in [9.17, 15) is 14.7 Å². The van der Waals surface area contributed by atoms with Gasteiger partial charge < -0.3 is 19.9 Å². The Morgan fingerprint density at radius 3 is 2.47 bits per heavy atom. The number of aryl methyl sites for hydroxylation is 1. The minimum absolute atomic E-state index is 0.0109. The largest absolute Gasteiger partial charge is 0.478 e. The zero-order chi connectivity index (χ0) is 25.7. The summed E-state index contributed by atoms with van der Waals surface area (Å²) in [6.45, 7) is 3.05.